The summed E-state index contributed by atoms with van der Waals surface area (Å²) in [6.45, 7) is 0.687. The van der Waals surface area contributed by atoms with E-state index in [0.717, 1.165) is 26.0 Å². The summed E-state index contributed by atoms with van der Waals surface area (Å²) in [7, 11) is 1.66. The molecule has 102 valence electrons. The Morgan fingerprint density at radius 3 is 2.65 bits per heavy atom. The van der Waals surface area contributed by atoms with Gasteiger partial charge < -0.3 is 4.74 Å². The van der Waals surface area contributed by atoms with Gasteiger partial charge in [-0.3, -0.25) is 4.68 Å². The zero-order valence-electron chi connectivity index (χ0n) is 10.7. The molecular formula is C14H11ClIN3O. The second kappa shape index (κ2) is 5.57. The lowest BCUT2D eigenvalue weighted by molar-refractivity contribution is 0.414. The number of hydrogen-bond donors (Lipinski definition) is 0. The van der Waals surface area contributed by atoms with Crippen molar-refractivity contribution in [3.8, 4) is 5.75 Å². The molecule has 1 aromatic carbocycles. The molecule has 0 aliphatic carbocycles. The maximum Gasteiger partial charge on any atom is 0.149 e. The number of methoxy groups -OCH3 is 1. The van der Waals surface area contributed by atoms with Gasteiger partial charge in [0.25, 0.3) is 0 Å². The molecule has 0 amide bonds. The highest BCUT2D eigenvalue weighted by Gasteiger charge is 2.10. The Hall–Kier alpha value is -1.34. The van der Waals surface area contributed by atoms with Crippen LogP contribution in [0.5, 0.6) is 5.75 Å². The summed E-state index contributed by atoms with van der Waals surface area (Å²) in [5.74, 6) is 0.849. The second-order valence-electron chi connectivity index (χ2n) is 4.30. The highest BCUT2D eigenvalue weighted by molar-refractivity contribution is 14.1. The van der Waals surface area contributed by atoms with Crippen molar-refractivity contribution < 1.29 is 4.74 Å². The fourth-order valence-electron chi connectivity index (χ4n) is 2.02. The molecule has 0 unspecified atom stereocenters. The molecule has 20 heavy (non-hydrogen) atoms. The Labute approximate surface area is 134 Å². The van der Waals surface area contributed by atoms with Crippen LogP contribution in [0.2, 0.25) is 5.15 Å². The molecule has 0 aliphatic heterocycles. The molecule has 0 bridgehead atoms. The summed E-state index contributed by atoms with van der Waals surface area (Å²) in [5, 5.41) is 5.01. The summed E-state index contributed by atoms with van der Waals surface area (Å²) in [6, 6.07) is 11.7. The van der Waals surface area contributed by atoms with E-state index in [0.29, 0.717) is 11.7 Å². The number of aromatic nitrogens is 3. The van der Waals surface area contributed by atoms with E-state index in [1.165, 1.54) is 0 Å². The minimum atomic E-state index is 0.486. The molecule has 0 radical (unpaired) electrons. The van der Waals surface area contributed by atoms with E-state index in [1.807, 2.05) is 35.0 Å². The van der Waals surface area contributed by atoms with E-state index in [2.05, 4.69) is 32.7 Å². The molecule has 0 N–H and O–H groups in total. The summed E-state index contributed by atoms with van der Waals surface area (Å²) >= 11 is 8.10. The number of benzene rings is 1. The minimum Gasteiger partial charge on any atom is -0.497 e. The van der Waals surface area contributed by atoms with Crippen molar-refractivity contribution in [1.29, 1.82) is 0 Å². The number of rotatable bonds is 3. The summed E-state index contributed by atoms with van der Waals surface area (Å²) in [4.78, 5) is 4.32. The third-order valence-corrected chi connectivity index (χ3v) is 3.95. The normalized spacial score (nSPS) is 10.9. The predicted octanol–water partition coefficient (Wildman–Crippen LogP) is 3.75. The van der Waals surface area contributed by atoms with Crippen molar-refractivity contribution in [2.75, 3.05) is 7.11 Å². The van der Waals surface area contributed by atoms with Gasteiger partial charge in [0.05, 0.1) is 19.2 Å². The van der Waals surface area contributed by atoms with Gasteiger partial charge in [0.1, 0.15) is 20.1 Å². The zero-order valence-corrected chi connectivity index (χ0v) is 13.6. The first-order valence-electron chi connectivity index (χ1n) is 5.99. The van der Waals surface area contributed by atoms with Crippen LogP contribution < -0.4 is 4.74 Å². The molecule has 0 fully saturated rings. The van der Waals surface area contributed by atoms with Gasteiger partial charge >= 0.3 is 0 Å². The summed E-state index contributed by atoms with van der Waals surface area (Å²) in [5.41, 5.74) is 2.97. The highest BCUT2D eigenvalue weighted by Crippen LogP contribution is 2.22. The van der Waals surface area contributed by atoms with Crippen LogP contribution >= 0.6 is 34.2 Å². The van der Waals surface area contributed by atoms with Gasteiger partial charge in [-0.25, -0.2) is 4.98 Å². The van der Waals surface area contributed by atoms with Crippen LogP contribution in [0, 0.1) is 3.70 Å². The monoisotopic (exact) mass is 399 g/mol. The standard InChI is InChI=1S/C14H11ClIN3O/c1-20-10-4-2-9(3-5-10)8-19-11-6-7-12(15)17-13(11)14(16)18-19/h2-7H,8H2,1H3. The topological polar surface area (TPSA) is 39.9 Å². The van der Waals surface area contributed by atoms with Crippen LogP contribution in [-0.4, -0.2) is 21.9 Å². The summed E-state index contributed by atoms with van der Waals surface area (Å²) < 4.78 is 7.95. The number of fused-ring (bicyclic) bond motifs is 1. The Morgan fingerprint density at radius 2 is 1.95 bits per heavy atom. The molecule has 0 atom stereocenters. The Balaban J connectivity index is 1.97. The Morgan fingerprint density at radius 1 is 1.20 bits per heavy atom. The second-order valence-corrected chi connectivity index (χ2v) is 5.71. The fraction of sp³-hybridized carbons (Fsp3) is 0.143. The Kier molecular flexibility index (Phi) is 3.80. The minimum absolute atomic E-state index is 0.486. The van der Waals surface area contributed by atoms with Gasteiger partial charge in [0.2, 0.25) is 0 Å². The molecule has 2 heterocycles. The Bertz CT molecular complexity index is 755. The van der Waals surface area contributed by atoms with Gasteiger partial charge in [0.15, 0.2) is 0 Å². The molecular weight excluding hydrogens is 389 g/mol. The van der Waals surface area contributed by atoms with Gasteiger partial charge in [-0.2, -0.15) is 5.10 Å². The van der Waals surface area contributed by atoms with Gasteiger partial charge in [-0.15, -0.1) is 0 Å². The van der Waals surface area contributed by atoms with Crippen molar-refractivity contribution in [1.82, 2.24) is 14.8 Å². The first kappa shape index (κ1) is 13.6. The van der Waals surface area contributed by atoms with E-state index in [-0.39, 0.29) is 0 Å². The number of halogens is 2. The van der Waals surface area contributed by atoms with Crippen molar-refractivity contribution in [2.45, 2.75) is 6.54 Å². The van der Waals surface area contributed by atoms with E-state index < -0.39 is 0 Å². The molecule has 0 spiro atoms. The number of ether oxygens (including phenoxy) is 1. The van der Waals surface area contributed by atoms with Crippen molar-refractivity contribution >= 4 is 45.2 Å². The molecule has 0 aliphatic rings. The van der Waals surface area contributed by atoms with Crippen molar-refractivity contribution in [3.05, 3.63) is 50.8 Å². The number of nitrogens with zero attached hydrogens (tertiary/aromatic N) is 3. The number of pyridine rings is 1. The third-order valence-electron chi connectivity index (χ3n) is 3.01. The average molecular weight is 400 g/mol. The maximum atomic E-state index is 5.93. The smallest absolute Gasteiger partial charge is 0.149 e. The zero-order chi connectivity index (χ0) is 14.1. The van der Waals surface area contributed by atoms with Crippen LogP contribution in [0.3, 0.4) is 0 Å². The molecule has 6 heteroatoms. The van der Waals surface area contributed by atoms with E-state index >= 15 is 0 Å². The average Bonchev–Trinajstić information content (AvgIpc) is 2.76. The number of hydrogen-bond acceptors (Lipinski definition) is 3. The van der Waals surface area contributed by atoms with E-state index in [4.69, 9.17) is 16.3 Å². The third kappa shape index (κ3) is 2.60. The first-order chi connectivity index (χ1) is 9.67. The van der Waals surface area contributed by atoms with E-state index in [1.54, 1.807) is 13.2 Å². The van der Waals surface area contributed by atoms with Crippen LogP contribution in [0.15, 0.2) is 36.4 Å². The molecule has 3 aromatic rings. The van der Waals surface area contributed by atoms with Crippen LogP contribution in [0.4, 0.5) is 0 Å². The predicted molar refractivity (Wildman–Crippen MR) is 87.4 cm³/mol. The lowest BCUT2D eigenvalue weighted by atomic mass is 10.2. The molecule has 0 saturated heterocycles. The van der Waals surface area contributed by atoms with Crippen LogP contribution in [-0.2, 0) is 6.54 Å². The van der Waals surface area contributed by atoms with Crippen molar-refractivity contribution in [2.24, 2.45) is 0 Å². The van der Waals surface area contributed by atoms with E-state index in [9.17, 15) is 0 Å². The summed E-state index contributed by atoms with van der Waals surface area (Å²) in [6.07, 6.45) is 0. The molecule has 4 nitrogen and oxygen atoms in total. The lowest BCUT2D eigenvalue weighted by Gasteiger charge is -2.05. The van der Waals surface area contributed by atoms with Crippen LogP contribution in [0.25, 0.3) is 11.0 Å². The molecule has 2 aromatic heterocycles. The first-order valence-corrected chi connectivity index (χ1v) is 7.44. The SMILES string of the molecule is COc1ccc(Cn2nc(I)c3nc(Cl)ccc32)cc1. The van der Waals surface area contributed by atoms with Crippen molar-refractivity contribution in [3.63, 3.8) is 0 Å². The largest absolute Gasteiger partial charge is 0.497 e. The van der Waals surface area contributed by atoms with Gasteiger partial charge in [-0.1, -0.05) is 23.7 Å². The lowest BCUT2D eigenvalue weighted by Crippen LogP contribution is -2.01. The molecule has 3 rings (SSSR count). The maximum absolute atomic E-state index is 5.93. The molecule has 0 saturated carbocycles. The van der Waals surface area contributed by atoms with Crippen LogP contribution in [0.1, 0.15) is 5.56 Å². The van der Waals surface area contributed by atoms with Gasteiger partial charge in [-0.05, 0) is 52.4 Å². The highest BCUT2D eigenvalue weighted by atomic mass is 127. The van der Waals surface area contributed by atoms with Gasteiger partial charge in [0, 0.05) is 0 Å². The fourth-order valence-corrected chi connectivity index (χ4v) is 2.82. The quantitative estimate of drug-likeness (QED) is 0.497.